The zero-order valence-electron chi connectivity index (χ0n) is 10.9. The molecule has 20 heavy (non-hydrogen) atoms. The Morgan fingerprint density at radius 2 is 1.85 bits per heavy atom. The minimum atomic E-state index is 0. The Kier molecular flexibility index (Phi) is 5.07. The van der Waals surface area contributed by atoms with Gasteiger partial charge in [-0.15, -0.1) is 17.5 Å². The van der Waals surface area contributed by atoms with Crippen molar-refractivity contribution in [2.75, 3.05) is 18.0 Å². The molecule has 1 aliphatic heterocycles. The first kappa shape index (κ1) is 15.4. The Bertz CT molecular complexity index is 614. The lowest BCUT2D eigenvalue weighted by molar-refractivity contribution is 0.645. The van der Waals surface area contributed by atoms with Crippen LogP contribution in [0.5, 0.6) is 0 Å². The molecule has 7 heteroatoms. The molecule has 0 spiro atoms. The number of halogens is 2. The van der Waals surface area contributed by atoms with Crippen LogP contribution in [-0.4, -0.2) is 22.9 Å². The molecule has 0 unspecified atom stereocenters. The fourth-order valence-corrected chi connectivity index (χ4v) is 3.18. The van der Waals surface area contributed by atoms with Crippen LogP contribution in [-0.2, 0) is 6.54 Å². The monoisotopic (exact) mass is 330 g/mol. The second-order valence-corrected chi connectivity index (χ2v) is 6.06. The van der Waals surface area contributed by atoms with E-state index in [1.807, 2.05) is 24.3 Å². The van der Waals surface area contributed by atoms with E-state index in [1.165, 1.54) is 24.2 Å². The molecule has 0 amide bonds. The van der Waals surface area contributed by atoms with Crippen molar-refractivity contribution in [2.24, 2.45) is 0 Å². The summed E-state index contributed by atoms with van der Waals surface area (Å²) >= 11 is 7.32. The van der Waals surface area contributed by atoms with E-state index in [0.29, 0.717) is 11.3 Å². The maximum Gasteiger partial charge on any atom is 0.207 e. The summed E-state index contributed by atoms with van der Waals surface area (Å²) in [5.74, 6) is 0. The summed E-state index contributed by atoms with van der Waals surface area (Å²) in [4.78, 5) is 2.76. The minimum absolute atomic E-state index is 0. The molecular formula is C13H16Cl2N4S. The topological polar surface area (TPSA) is 44.9 Å². The molecule has 1 aliphatic rings. The highest BCUT2D eigenvalue weighted by Crippen LogP contribution is 2.20. The van der Waals surface area contributed by atoms with Gasteiger partial charge in [0.1, 0.15) is 0 Å². The van der Waals surface area contributed by atoms with Gasteiger partial charge in [-0.25, -0.2) is 4.68 Å². The Hall–Kier alpha value is -1.04. The van der Waals surface area contributed by atoms with E-state index in [4.69, 9.17) is 17.0 Å². The summed E-state index contributed by atoms with van der Waals surface area (Å²) in [5, 5.41) is 14.3. The van der Waals surface area contributed by atoms with Crippen LogP contribution >= 0.6 is 35.3 Å². The SMILES string of the molecule is Cl.N=c1sc(N2CCCC2)nn1Cc1ccc(Cl)cc1. The van der Waals surface area contributed by atoms with Crippen LogP contribution < -0.4 is 9.70 Å². The van der Waals surface area contributed by atoms with Gasteiger partial charge in [-0.3, -0.25) is 5.41 Å². The summed E-state index contributed by atoms with van der Waals surface area (Å²) in [6, 6.07) is 7.69. The summed E-state index contributed by atoms with van der Waals surface area (Å²) in [6.45, 7) is 2.75. The molecule has 108 valence electrons. The molecule has 0 atom stereocenters. The van der Waals surface area contributed by atoms with E-state index >= 15 is 0 Å². The number of nitrogens with one attached hydrogen (secondary N) is 1. The second-order valence-electron chi connectivity index (χ2n) is 4.67. The first-order valence-corrected chi connectivity index (χ1v) is 7.54. The summed E-state index contributed by atoms with van der Waals surface area (Å²) in [5.41, 5.74) is 1.11. The molecule has 4 nitrogen and oxygen atoms in total. The van der Waals surface area contributed by atoms with E-state index < -0.39 is 0 Å². The third kappa shape index (κ3) is 3.34. The van der Waals surface area contributed by atoms with Crippen LogP contribution in [0.1, 0.15) is 18.4 Å². The van der Waals surface area contributed by atoms with Gasteiger partial charge in [-0.1, -0.05) is 35.1 Å². The summed E-state index contributed by atoms with van der Waals surface area (Å²) in [6.07, 6.45) is 2.45. The molecule has 1 aromatic heterocycles. The fourth-order valence-electron chi connectivity index (χ4n) is 2.21. The maximum absolute atomic E-state index is 8.01. The zero-order chi connectivity index (χ0) is 13.2. The Balaban J connectivity index is 0.00000147. The van der Waals surface area contributed by atoms with E-state index in [1.54, 1.807) is 4.68 Å². The molecule has 1 N–H and O–H groups in total. The first-order valence-electron chi connectivity index (χ1n) is 6.34. The largest absolute Gasteiger partial charge is 0.347 e. The van der Waals surface area contributed by atoms with Crippen molar-refractivity contribution >= 4 is 40.5 Å². The van der Waals surface area contributed by atoms with Crippen LogP contribution in [0, 0.1) is 5.41 Å². The second kappa shape index (κ2) is 6.61. The van der Waals surface area contributed by atoms with Gasteiger partial charge in [0.2, 0.25) is 9.93 Å². The van der Waals surface area contributed by atoms with E-state index in [0.717, 1.165) is 28.8 Å². The van der Waals surface area contributed by atoms with Gasteiger partial charge in [0.05, 0.1) is 6.54 Å². The normalized spacial score (nSPS) is 14.3. The number of hydrogen-bond donors (Lipinski definition) is 1. The molecule has 0 bridgehead atoms. The van der Waals surface area contributed by atoms with Crippen LogP contribution in [0.2, 0.25) is 5.02 Å². The van der Waals surface area contributed by atoms with Gasteiger partial charge in [0, 0.05) is 18.1 Å². The lowest BCUT2D eigenvalue weighted by atomic mass is 10.2. The van der Waals surface area contributed by atoms with E-state index in [9.17, 15) is 0 Å². The predicted octanol–water partition coefficient (Wildman–Crippen LogP) is 3.15. The molecule has 0 aliphatic carbocycles. The molecule has 1 fully saturated rings. The number of anilines is 1. The number of hydrogen-bond acceptors (Lipinski definition) is 4. The molecule has 0 saturated carbocycles. The van der Waals surface area contributed by atoms with Gasteiger partial charge in [0.15, 0.2) is 0 Å². The molecule has 0 radical (unpaired) electrons. The highest BCUT2D eigenvalue weighted by atomic mass is 35.5. The molecule has 2 heterocycles. The average molecular weight is 331 g/mol. The minimum Gasteiger partial charge on any atom is -0.347 e. The smallest absolute Gasteiger partial charge is 0.207 e. The van der Waals surface area contributed by atoms with Crippen molar-refractivity contribution in [2.45, 2.75) is 19.4 Å². The van der Waals surface area contributed by atoms with E-state index in [2.05, 4.69) is 10.00 Å². The zero-order valence-corrected chi connectivity index (χ0v) is 13.3. The predicted molar refractivity (Wildman–Crippen MR) is 85.2 cm³/mol. The van der Waals surface area contributed by atoms with Crippen molar-refractivity contribution in [3.05, 3.63) is 39.7 Å². The standard InChI is InChI=1S/C13H15ClN4S.ClH/c14-11-5-3-10(4-6-11)9-18-12(15)19-13(16-18)17-7-1-2-8-17;/h3-6,15H,1-2,7-9H2;1H. The third-order valence-corrected chi connectivity index (χ3v) is 4.43. The first-order chi connectivity index (χ1) is 9.22. The summed E-state index contributed by atoms with van der Waals surface area (Å²) < 4.78 is 1.75. The molecule has 3 rings (SSSR count). The number of benzene rings is 1. The van der Waals surface area contributed by atoms with Crippen LogP contribution in [0.3, 0.4) is 0 Å². The van der Waals surface area contributed by atoms with Crippen LogP contribution in [0.15, 0.2) is 24.3 Å². The Labute approximate surface area is 132 Å². The molecule has 1 aromatic carbocycles. The van der Waals surface area contributed by atoms with Crippen molar-refractivity contribution in [1.82, 2.24) is 9.78 Å². The summed E-state index contributed by atoms with van der Waals surface area (Å²) in [7, 11) is 0. The average Bonchev–Trinajstić information content (AvgIpc) is 3.03. The molecule has 1 saturated heterocycles. The van der Waals surface area contributed by atoms with Crippen LogP contribution in [0.4, 0.5) is 5.13 Å². The number of nitrogens with zero attached hydrogens (tertiary/aromatic N) is 3. The molecular weight excluding hydrogens is 315 g/mol. The van der Waals surface area contributed by atoms with Crippen molar-refractivity contribution in [3.63, 3.8) is 0 Å². The lowest BCUT2D eigenvalue weighted by Crippen LogP contribution is -2.19. The molecule has 2 aromatic rings. The Morgan fingerprint density at radius 3 is 2.50 bits per heavy atom. The highest BCUT2D eigenvalue weighted by Gasteiger charge is 2.16. The maximum atomic E-state index is 8.01. The quantitative estimate of drug-likeness (QED) is 0.939. The van der Waals surface area contributed by atoms with Gasteiger partial charge in [0.25, 0.3) is 0 Å². The van der Waals surface area contributed by atoms with Crippen LogP contribution in [0.25, 0.3) is 0 Å². The number of rotatable bonds is 3. The third-order valence-electron chi connectivity index (χ3n) is 3.25. The van der Waals surface area contributed by atoms with Gasteiger partial charge in [-0.05, 0) is 30.5 Å². The fraction of sp³-hybridized carbons (Fsp3) is 0.385. The highest BCUT2D eigenvalue weighted by molar-refractivity contribution is 7.12. The van der Waals surface area contributed by atoms with Crippen molar-refractivity contribution in [3.8, 4) is 0 Å². The van der Waals surface area contributed by atoms with Gasteiger partial charge < -0.3 is 4.90 Å². The van der Waals surface area contributed by atoms with Crippen molar-refractivity contribution < 1.29 is 0 Å². The van der Waals surface area contributed by atoms with Gasteiger partial charge >= 0.3 is 0 Å². The Morgan fingerprint density at radius 1 is 1.20 bits per heavy atom. The van der Waals surface area contributed by atoms with Gasteiger partial charge in [-0.2, -0.15) is 0 Å². The number of aromatic nitrogens is 2. The lowest BCUT2D eigenvalue weighted by Gasteiger charge is -2.11. The van der Waals surface area contributed by atoms with Crippen molar-refractivity contribution in [1.29, 1.82) is 5.41 Å². The van der Waals surface area contributed by atoms with E-state index in [-0.39, 0.29) is 12.4 Å².